The van der Waals surface area contributed by atoms with Crippen LogP contribution in [0, 0.1) is 0 Å². The molecule has 1 aromatic carbocycles. The monoisotopic (exact) mass is 402 g/mol. The molecule has 29 heavy (non-hydrogen) atoms. The number of ether oxygens (including phenoxy) is 2. The number of anilines is 1. The van der Waals surface area contributed by atoms with E-state index in [0.29, 0.717) is 5.69 Å². The number of alkyl carbamates (subject to hydrolysis) is 1. The molecule has 0 aliphatic carbocycles. The predicted octanol–water partition coefficient (Wildman–Crippen LogP) is 3.36. The van der Waals surface area contributed by atoms with E-state index in [1.54, 1.807) is 20.8 Å². The topological polar surface area (TPSA) is 112 Å². The Morgan fingerprint density at radius 3 is 2.41 bits per heavy atom. The molecule has 9 heteroatoms. The van der Waals surface area contributed by atoms with Crippen LogP contribution >= 0.6 is 0 Å². The Morgan fingerprint density at radius 1 is 1.10 bits per heavy atom. The van der Waals surface area contributed by atoms with Crippen LogP contribution in [0.4, 0.5) is 15.4 Å². The summed E-state index contributed by atoms with van der Waals surface area (Å²) in [5.41, 5.74) is 0.553. The van der Waals surface area contributed by atoms with Crippen molar-refractivity contribution in [3.8, 4) is 0 Å². The first kappa shape index (κ1) is 21.9. The van der Waals surface area contributed by atoms with Gasteiger partial charge in [-0.25, -0.2) is 9.59 Å². The number of hydrogen-bond donors (Lipinski definition) is 2. The summed E-state index contributed by atoms with van der Waals surface area (Å²) >= 11 is 0. The molecule has 2 aromatic rings. The third-order valence-corrected chi connectivity index (χ3v) is 3.58. The molecule has 0 atom stereocenters. The van der Waals surface area contributed by atoms with Gasteiger partial charge >= 0.3 is 12.2 Å². The Bertz CT molecular complexity index is 856. The first-order valence-corrected chi connectivity index (χ1v) is 9.17. The van der Waals surface area contributed by atoms with Crippen LogP contribution in [-0.4, -0.2) is 39.9 Å². The fraction of sp³-hybridized carbons (Fsp3) is 0.400. The van der Waals surface area contributed by atoms with Crippen LogP contribution in [0.2, 0.25) is 0 Å². The van der Waals surface area contributed by atoms with Gasteiger partial charge in [-0.15, -0.1) is 0 Å². The highest BCUT2D eigenvalue weighted by Crippen LogP contribution is 2.12. The second-order valence-corrected chi connectivity index (χ2v) is 7.31. The Balaban J connectivity index is 1.90. The fourth-order valence-corrected chi connectivity index (χ4v) is 2.37. The number of aromatic nitrogens is 2. The zero-order valence-corrected chi connectivity index (χ0v) is 17.0. The molecular formula is C20H26N4O5. The third-order valence-electron chi connectivity index (χ3n) is 3.58. The van der Waals surface area contributed by atoms with E-state index in [4.69, 9.17) is 9.47 Å². The zero-order chi connectivity index (χ0) is 21.4. The lowest BCUT2D eigenvalue weighted by atomic mass is 10.2. The van der Waals surface area contributed by atoms with Crippen LogP contribution < -0.4 is 10.6 Å². The molecule has 0 spiro atoms. The minimum absolute atomic E-state index is 0.118. The van der Waals surface area contributed by atoms with Gasteiger partial charge in [0.2, 0.25) is 0 Å². The van der Waals surface area contributed by atoms with E-state index < -0.39 is 17.8 Å². The van der Waals surface area contributed by atoms with Gasteiger partial charge in [-0.2, -0.15) is 5.10 Å². The number of carbonyl (C=O) groups excluding carboxylic acids is 3. The van der Waals surface area contributed by atoms with Gasteiger partial charge < -0.3 is 14.8 Å². The molecule has 0 saturated carbocycles. The van der Waals surface area contributed by atoms with Crippen LogP contribution in [-0.2, 0) is 22.6 Å². The summed E-state index contributed by atoms with van der Waals surface area (Å²) in [5, 5.41) is 9.29. The maximum atomic E-state index is 12.0. The molecule has 9 nitrogen and oxygen atoms in total. The van der Waals surface area contributed by atoms with Crippen LogP contribution in [0.5, 0.6) is 0 Å². The Labute approximate surface area is 169 Å². The smallest absolute Gasteiger partial charge is 0.413 e. The number of amides is 2. The molecule has 2 N–H and O–H groups in total. The van der Waals surface area contributed by atoms with E-state index in [1.807, 2.05) is 30.3 Å². The van der Waals surface area contributed by atoms with Crippen molar-refractivity contribution in [3.05, 3.63) is 47.7 Å². The summed E-state index contributed by atoms with van der Waals surface area (Å²) in [7, 11) is 0. The predicted molar refractivity (Wildman–Crippen MR) is 107 cm³/mol. The van der Waals surface area contributed by atoms with Gasteiger partial charge in [0.05, 0.1) is 6.54 Å². The van der Waals surface area contributed by atoms with E-state index in [-0.39, 0.29) is 31.3 Å². The molecule has 0 aliphatic rings. The molecular weight excluding hydrogens is 376 g/mol. The Morgan fingerprint density at radius 2 is 1.79 bits per heavy atom. The minimum Gasteiger partial charge on any atom is -0.444 e. The maximum Gasteiger partial charge on any atom is 0.413 e. The minimum atomic E-state index is -0.680. The zero-order valence-electron chi connectivity index (χ0n) is 17.0. The highest BCUT2D eigenvalue weighted by Gasteiger charge is 2.17. The summed E-state index contributed by atoms with van der Waals surface area (Å²) in [6.07, 6.45) is -1.24. The average Bonchev–Trinajstić information content (AvgIpc) is 3.02. The van der Waals surface area contributed by atoms with Gasteiger partial charge in [0, 0.05) is 19.5 Å². The summed E-state index contributed by atoms with van der Waals surface area (Å²) in [4.78, 5) is 35.5. The first-order valence-electron chi connectivity index (χ1n) is 9.17. The number of nitrogens with zero attached hydrogens (tertiary/aromatic N) is 2. The molecule has 0 radical (unpaired) electrons. The van der Waals surface area contributed by atoms with Crippen molar-refractivity contribution < 1.29 is 23.9 Å². The number of Topliss-reactive ketones (excluding diaryl/α,β-unsaturated/α-hetero) is 1. The van der Waals surface area contributed by atoms with Crippen molar-refractivity contribution in [2.24, 2.45) is 0 Å². The molecule has 0 aliphatic heterocycles. The summed E-state index contributed by atoms with van der Waals surface area (Å²) < 4.78 is 11.7. The number of ketones is 1. The average molecular weight is 402 g/mol. The van der Waals surface area contributed by atoms with Gasteiger partial charge in [-0.1, -0.05) is 30.3 Å². The lowest BCUT2D eigenvalue weighted by Gasteiger charge is -2.19. The quantitative estimate of drug-likeness (QED) is 0.687. The van der Waals surface area contributed by atoms with Crippen LogP contribution in [0.1, 0.15) is 43.7 Å². The van der Waals surface area contributed by atoms with Gasteiger partial charge in [0.25, 0.3) is 0 Å². The maximum absolute atomic E-state index is 12.0. The number of carbonyl (C=O) groups is 3. The molecule has 1 heterocycles. The second kappa shape index (κ2) is 9.72. The van der Waals surface area contributed by atoms with Crippen LogP contribution in [0.3, 0.4) is 0 Å². The molecule has 2 amide bonds. The number of nitrogens with one attached hydrogen (secondary N) is 2. The van der Waals surface area contributed by atoms with E-state index >= 15 is 0 Å². The number of hydrogen-bond acceptors (Lipinski definition) is 6. The van der Waals surface area contributed by atoms with Crippen molar-refractivity contribution in [1.82, 2.24) is 15.1 Å². The molecule has 156 valence electrons. The van der Waals surface area contributed by atoms with Crippen molar-refractivity contribution in [2.75, 3.05) is 11.9 Å². The molecule has 1 aromatic heterocycles. The lowest BCUT2D eigenvalue weighted by Crippen LogP contribution is -2.34. The highest BCUT2D eigenvalue weighted by atomic mass is 16.6. The fourth-order valence-electron chi connectivity index (χ4n) is 2.37. The van der Waals surface area contributed by atoms with E-state index in [2.05, 4.69) is 15.7 Å². The van der Waals surface area contributed by atoms with Crippen molar-refractivity contribution >= 4 is 23.8 Å². The molecule has 0 saturated heterocycles. The molecule has 0 fully saturated rings. The Hall–Kier alpha value is -3.36. The Kier molecular flexibility index (Phi) is 7.35. The summed E-state index contributed by atoms with van der Waals surface area (Å²) in [6.45, 7) is 7.25. The van der Waals surface area contributed by atoms with Gasteiger partial charge in [-0.3, -0.25) is 14.8 Å². The first-order chi connectivity index (χ1) is 13.6. The number of rotatable bonds is 7. The molecule has 2 rings (SSSR count). The SMILES string of the molecule is CC(=O)c1cc(NC(=O)OCc2ccccc2)nn1CCNC(=O)OC(C)(C)C. The van der Waals surface area contributed by atoms with E-state index in [9.17, 15) is 14.4 Å². The van der Waals surface area contributed by atoms with E-state index in [0.717, 1.165) is 5.56 Å². The van der Waals surface area contributed by atoms with Gasteiger partial charge in [0.15, 0.2) is 11.6 Å². The van der Waals surface area contributed by atoms with Crippen LogP contribution in [0.15, 0.2) is 36.4 Å². The molecule has 0 bridgehead atoms. The lowest BCUT2D eigenvalue weighted by molar-refractivity contribution is 0.0525. The number of benzene rings is 1. The normalized spacial score (nSPS) is 10.9. The van der Waals surface area contributed by atoms with Crippen LogP contribution in [0.25, 0.3) is 0 Å². The molecule has 0 unspecified atom stereocenters. The highest BCUT2D eigenvalue weighted by molar-refractivity contribution is 5.94. The van der Waals surface area contributed by atoms with E-state index in [1.165, 1.54) is 17.7 Å². The largest absolute Gasteiger partial charge is 0.444 e. The van der Waals surface area contributed by atoms with Crippen molar-refractivity contribution in [3.63, 3.8) is 0 Å². The van der Waals surface area contributed by atoms with Gasteiger partial charge in [0.1, 0.15) is 17.9 Å². The van der Waals surface area contributed by atoms with Crippen molar-refractivity contribution in [2.45, 2.75) is 46.4 Å². The second-order valence-electron chi connectivity index (χ2n) is 7.31. The third kappa shape index (κ3) is 7.65. The summed E-state index contributed by atoms with van der Waals surface area (Å²) in [6, 6.07) is 10.7. The van der Waals surface area contributed by atoms with Crippen molar-refractivity contribution in [1.29, 1.82) is 0 Å². The standard InChI is InChI=1S/C20H26N4O5/c1-14(25)16-12-17(22-19(27)28-13-15-8-6-5-7-9-15)23-24(16)11-10-21-18(26)29-20(2,3)4/h5-9,12H,10-11,13H2,1-4H3,(H,21,26)(H,22,23,27). The van der Waals surface area contributed by atoms with Gasteiger partial charge in [-0.05, 0) is 26.3 Å². The summed E-state index contributed by atoms with van der Waals surface area (Å²) in [5.74, 6) is -0.0361.